The van der Waals surface area contributed by atoms with E-state index in [1.165, 1.54) is 7.11 Å². The number of amides is 1. The Hall–Kier alpha value is -0.690. The van der Waals surface area contributed by atoms with Crippen molar-refractivity contribution < 1.29 is 19.2 Å². The number of rotatable bonds is 9. The summed E-state index contributed by atoms with van der Waals surface area (Å²) < 4.78 is 4.61. The Balaban J connectivity index is 3.26. The molecule has 0 saturated carbocycles. The van der Waals surface area contributed by atoms with Crippen LogP contribution in [0.3, 0.4) is 0 Å². The molecule has 0 radical (unpaired) electrons. The highest BCUT2D eigenvalue weighted by Gasteiger charge is 2.03. The Morgan fingerprint density at radius 2 is 2.07 bits per heavy atom. The molecule has 0 heterocycles. The van der Waals surface area contributed by atoms with E-state index in [1.807, 2.05) is 0 Å². The van der Waals surface area contributed by atoms with E-state index in [-0.39, 0.29) is 12.5 Å². The van der Waals surface area contributed by atoms with Crippen molar-refractivity contribution in [1.82, 2.24) is 5.48 Å². The van der Waals surface area contributed by atoms with E-state index in [9.17, 15) is 4.79 Å². The highest BCUT2D eigenvalue weighted by Crippen LogP contribution is 2.06. The second-order valence-corrected chi connectivity index (χ2v) is 3.36. The van der Waals surface area contributed by atoms with Gasteiger partial charge in [-0.25, -0.2) is 11.4 Å². The molecule has 0 aromatic rings. The Morgan fingerprint density at radius 3 is 2.67 bits per heavy atom. The first-order valence-electron chi connectivity index (χ1n) is 4.92. The molecular formula is C9H20N2O4. The van der Waals surface area contributed by atoms with Gasteiger partial charge in [0.05, 0.1) is 13.2 Å². The van der Waals surface area contributed by atoms with Gasteiger partial charge in [-0.3, -0.25) is 9.63 Å². The fourth-order valence-corrected chi connectivity index (χ4v) is 0.966. The predicted octanol–water partition coefficient (Wildman–Crippen LogP) is -0.0128. The Morgan fingerprint density at radius 1 is 1.40 bits per heavy atom. The second kappa shape index (κ2) is 9.85. The average molecular weight is 220 g/mol. The molecule has 0 bridgehead atoms. The summed E-state index contributed by atoms with van der Waals surface area (Å²) >= 11 is 0. The minimum absolute atomic E-state index is 0.0105. The van der Waals surface area contributed by atoms with Gasteiger partial charge in [-0.2, -0.15) is 0 Å². The first kappa shape index (κ1) is 14.3. The van der Waals surface area contributed by atoms with Crippen LogP contribution in [0.25, 0.3) is 0 Å². The van der Waals surface area contributed by atoms with E-state index in [0.717, 1.165) is 12.8 Å². The van der Waals surface area contributed by atoms with Gasteiger partial charge >= 0.3 is 0 Å². The third-order valence-electron chi connectivity index (χ3n) is 1.90. The second-order valence-electron chi connectivity index (χ2n) is 3.36. The average Bonchev–Trinajstić information content (AvgIpc) is 2.22. The van der Waals surface area contributed by atoms with Crippen molar-refractivity contribution >= 4 is 5.91 Å². The number of nitrogens with two attached hydrogens (primary N) is 1. The highest BCUT2D eigenvalue weighted by molar-refractivity contribution is 5.75. The van der Waals surface area contributed by atoms with Gasteiger partial charge in [-0.05, 0) is 18.8 Å². The van der Waals surface area contributed by atoms with Crippen LogP contribution < -0.4 is 11.4 Å². The van der Waals surface area contributed by atoms with Gasteiger partial charge in [0.15, 0.2) is 0 Å². The molecule has 0 aromatic heterocycles. The molecule has 1 amide bonds. The van der Waals surface area contributed by atoms with Gasteiger partial charge in [-0.15, -0.1) is 0 Å². The fraction of sp³-hybridized carbons (Fsp3) is 0.889. The normalized spacial score (nSPS) is 12.5. The zero-order valence-corrected chi connectivity index (χ0v) is 9.32. The highest BCUT2D eigenvalue weighted by atomic mass is 16.7. The van der Waals surface area contributed by atoms with Gasteiger partial charge in [0, 0.05) is 7.11 Å². The molecule has 6 heteroatoms. The van der Waals surface area contributed by atoms with Crippen molar-refractivity contribution in [3.63, 3.8) is 0 Å². The van der Waals surface area contributed by atoms with Crippen LogP contribution in [0.4, 0.5) is 0 Å². The van der Waals surface area contributed by atoms with Crippen LogP contribution in [0.15, 0.2) is 0 Å². The standard InChI is InChI=1S/C9H20N2O4/c1-8(3-5-14-10)4-6-15-11-9(12)7-13-2/h8H,3-7,10H2,1-2H3,(H,11,12). The van der Waals surface area contributed by atoms with Gasteiger partial charge in [0.2, 0.25) is 0 Å². The maximum absolute atomic E-state index is 10.9. The molecule has 0 fully saturated rings. The molecule has 0 aliphatic carbocycles. The van der Waals surface area contributed by atoms with E-state index >= 15 is 0 Å². The molecular weight excluding hydrogens is 200 g/mol. The summed E-state index contributed by atoms with van der Waals surface area (Å²) in [6, 6.07) is 0. The minimum Gasteiger partial charge on any atom is -0.375 e. The third-order valence-corrected chi connectivity index (χ3v) is 1.90. The summed E-state index contributed by atoms with van der Waals surface area (Å²) in [5, 5.41) is 0. The van der Waals surface area contributed by atoms with Crippen molar-refractivity contribution in [2.24, 2.45) is 11.8 Å². The molecule has 0 spiro atoms. The van der Waals surface area contributed by atoms with Crippen molar-refractivity contribution in [3.05, 3.63) is 0 Å². The van der Waals surface area contributed by atoms with Gasteiger partial charge in [0.1, 0.15) is 6.61 Å². The van der Waals surface area contributed by atoms with Crippen LogP contribution in [-0.4, -0.2) is 32.8 Å². The Bertz CT molecular complexity index is 166. The molecule has 3 N–H and O–H groups in total. The molecule has 1 unspecified atom stereocenters. The number of carbonyl (C=O) groups excluding carboxylic acids is 1. The Kier molecular flexibility index (Phi) is 9.40. The molecule has 0 aromatic carbocycles. The van der Waals surface area contributed by atoms with Crippen LogP contribution >= 0.6 is 0 Å². The quantitative estimate of drug-likeness (QED) is 0.422. The lowest BCUT2D eigenvalue weighted by molar-refractivity contribution is -0.137. The number of nitrogens with one attached hydrogen (secondary N) is 1. The lowest BCUT2D eigenvalue weighted by Crippen LogP contribution is -2.28. The van der Waals surface area contributed by atoms with Crippen molar-refractivity contribution in [2.75, 3.05) is 26.9 Å². The maximum Gasteiger partial charge on any atom is 0.269 e. The summed E-state index contributed by atoms with van der Waals surface area (Å²) in [5.74, 6) is 5.07. The number of carbonyl (C=O) groups is 1. The SMILES string of the molecule is COCC(=O)NOCCC(C)CCON. The van der Waals surface area contributed by atoms with Crippen LogP contribution in [0, 0.1) is 5.92 Å². The largest absolute Gasteiger partial charge is 0.375 e. The molecule has 15 heavy (non-hydrogen) atoms. The van der Waals surface area contributed by atoms with Crippen molar-refractivity contribution in [1.29, 1.82) is 0 Å². The molecule has 0 aliphatic rings. The Labute approximate surface area is 90.0 Å². The zero-order chi connectivity index (χ0) is 11.5. The summed E-state index contributed by atoms with van der Waals surface area (Å²) in [7, 11) is 1.45. The van der Waals surface area contributed by atoms with E-state index in [1.54, 1.807) is 0 Å². The van der Waals surface area contributed by atoms with Crippen molar-refractivity contribution in [2.45, 2.75) is 19.8 Å². The third kappa shape index (κ3) is 9.61. The fourth-order valence-electron chi connectivity index (χ4n) is 0.966. The van der Waals surface area contributed by atoms with E-state index in [2.05, 4.69) is 22.0 Å². The van der Waals surface area contributed by atoms with Gasteiger partial charge in [-0.1, -0.05) is 6.92 Å². The van der Waals surface area contributed by atoms with Crippen LogP contribution in [0.5, 0.6) is 0 Å². The number of hydrogen-bond acceptors (Lipinski definition) is 5. The molecule has 1 atom stereocenters. The molecule has 0 aliphatic heterocycles. The van der Waals surface area contributed by atoms with Gasteiger partial charge < -0.3 is 9.57 Å². The first-order valence-corrected chi connectivity index (χ1v) is 4.92. The zero-order valence-electron chi connectivity index (χ0n) is 9.32. The lowest BCUT2D eigenvalue weighted by Gasteiger charge is -2.10. The lowest BCUT2D eigenvalue weighted by atomic mass is 10.1. The maximum atomic E-state index is 10.9. The van der Waals surface area contributed by atoms with Crippen molar-refractivity contribution in [3.8, 4) is 0 Å². The molecule has 0 saturated heterocycles. The van der Waals surface area contributed by atoms with Gasteiger partial charge in [0.25, 0.3) is 5.91 Å². The number of ether oxygens (including phenoxy) is 1. The minimum atomic E-state index is -0.282. The number of hydrogen-bond donors (Lipinski definition) is 2. The topological polar surface area (TPSA) is 82.8 Å². The van der Waals surface area contributed by atoms with Crippen LogP contribution in [0.1, 0.15) is 19.8 Å². The van der Waals surface area contributed by atoms with E-state index < -0.39 is 0 Å². The van der Waals surface area contributed by atoms with Crippen LogP contribution in [0.2, 0.25) is 0 Å². The molecule has 90 valence electrons. The summed E-state index contributed by atoms with van der Waals surface area (Å²) in [6.07, 6.45) is 1.72. The summed E-state index contributed by atoms with van der Waals surface area (Å²) in [4.78, 5) is 20.3. The number of hydroxylamine groups is 1. The van der Waals surface area contributed by atoms with E-state index in [0.29, 0.717) is 19.1 Å². The summed E-state index contributed by atoms with van der Waals surface area (Å²) in [6.45, 7) is 3.09. The monoisotopic (exact) mass is 220 g/mol. The predicted molar refractivity (Wildman–Crippen MR) is 54.5 cm³/mol. The molecule has 0 rings (SSSR count). The molecule has 6 nitrogen and oxygen atoms in total. The number of methoxy groups -OCH3 is 1. The smallest absolute Gasteiger partial charge is 0.269 e. The first-order chi connectivity index (χ1) is 7.20. The van der Waals surface area contributed by atoms with Crippen LogP contribution in [-0.2, 0) is 19.2 Å². The summed E-state index contributed by atoms with van der Waals surface area (Å²) in [5.41, 5.74) is 2.28. The van der Waals surface area contributed by atoms with E-state index in [4.69, 9.17) is 10.7 Å².